The van der Waals surface area contributed by atoms with Crippen molar-refractivity contribution in [2.75, 3.05) is 13.7 Å². The van der Waals surface area contributed by atoms with Crippen molar-refractivity contribution in [2.24, 2.45) is 0 Å². The number of fused-ring (bicyclic) bond motifs is 1. The Morgan fingerprint density at radius 3 is 2.34 bits per heavy atom. The summed E-state index contributed by atoms with van der Waals surface area (Å²) < 4.78 is 9.75. The number of rotatable bonds is 6. The lowest BCUT2D eigenvalue weighted by molar-refractivity contribution is -0.124. The van der Waals surface area contributed by atoms with E-state index in [1.165, 1.54) is 7.11 Å². The van der Waals surface area contributed by atoms with E-state index >= 15 is 0 Å². The van der Waals surface area contributed by atoms with Crippen LogP contribution in [0.1, 0.15) is 37.5 Å². The molecule has 0 fully saturated rings. The van der Waals surface area contributed by atoms with Crippen molar-refractivity contribution < 1.29 is 23.9 Å². The summed E-state index contributed by atoms with van der Waals surface area (Å²) in [6.07, 6.45) is 0. The van der Waals surface area contributed by atoms with E-state index in [1.54, 1.807) is 36.4 Å². The molecule has 7 nitrogen and oxygen atoms in total. The van der Waals surface area contributed by atoms with Gasteiger partial charge in [0, 0.05) is 23.1 Å². The first-order chi connectivity index (χ1) is 13.9. The fourth-order valence-corrected chi connectivity index (χ4v) is 2.93. The van der Waals surface area contributed by atoms with Crippen LogP contribution in [0.15, 0.2) is 42.5 Å². The molecular formula is C22H22N2O5. The Morgan fingerprint density at radius 2 is 1.66 bits per heavy atom. The summed E-state index contributed by atoms with van der Waals surface area (Å²) in [5, 5.41) is 3.63. The van der Waals surface area contributed by atoms with Crippen LogP contribution in [-0.2, 0) is 20.8 Å². The number of amides is 1. The Kier molecular flexibility index (Phi) is 5.97. The molecule has 29 heavy (non-hydrogen) atoms. The topological polar surface area (TPSA) is 97.5 Å². The van der Waals surface area contributed by atoms with E-state index in [0.717, 1.165) is 27.7 Å². The molecular weight excluding hydrogens is 372 g/mol. The highest BCUT2D eigenvalue weighted by molar-refractivity contribution is 5.97. The number of nitrogens with one attached hydrogen (secondary N) is 2. The number of carbonyl (C=O) groups is 3. The average molecular weight is 394 g/mol. The molecule has 0 saturated heterocycles. The number of aromatic nitrogens is 1. The Balaban J connectivity index is 1.52. The van der Waals surface area contributed by atoms with Gasteiger partial charge >= 0.3 is 11.9 Å². The molecule has 1 aromatic heterocycles. The van der Waals surface area contributed by atoms with E-state index in [9.17, 15) is 14.4 Å². The molecule has 0 saturated carbocycles. The van der Waals surface area contributed by atoms with Crippen LogP contribution in [0.3, 0.4) is 0 Å². The Hall–Kier alpha value is -3.61. The lowest BCUT2D eigenvalue weighted by Crippen LogP contribution is -2.28. The molecule has 0 unspecified atom stereocenters. The first-order valence-electron chi connectivity index (χ1n) is 9.09. The van der Waals surface area contributed by atoms with E-state index in [2.05, 4.69) is 15.0 Å². The molecule has 3 rings (SSSR count). The molecule has 0 radical (unpaired) electrons. The SMILES string of the molecule is COC(=O)c1ccc(CNC(=O)COC(=O)c2ccc3[nH]c(C)c(C)c3c2)cc1. The highest BCUT2D eigenvalue weighted by Gasteiger charge is 2.13. The highest BCUT2D eigenvalue weighted by Crippen LogP contribution is 2.22. The summed E-state index contributed by atoms with van der Waals surface area (Å²) in [7, 11) is 1.32. The lowest BCUT2D eigenvalue weighted by Gasteiger charge is -2.08. The molecule has 0 aliphatic carbocycles. The maximum Gasteiger partial charge on any atom is 0.338 e. The van der Waals surface area contributed by atoms with Gasteiger partial charge in [0.25, 0.3) is 5.91 Å². The molecule has 0 atom stereocenters. The van der Waals surface area contributed by atoms with Crippen LogP contribution < -0.4 is 5.32 Å². The van der Waals surface area contributed by atoms with E-state index in [1.807, 2.05) is 19.9 Å². The molecule has 150 valence electrons. The van der Waals surface area contributed by atoms with Crippen LogP contribution in [0.5, 0.6) is 0 Å². The van der Waals surface area contributed by atoms with Crippen molar-refractivity contribution in [2.45, 2.75) is 20.4 Å². The summed E-state index contributed by atoms with van der Waals surface area (Å²) >= 11 is 0. The maximum absolute atomic E-state index is 12.3. The van der Waals surface area contributed by atoms with Crippen LogP contribution in [0.4, 0.5) is 0 Å². The lowest BCUT2D eigenvalue weighted by atomic mass is 10.1. The van der Waals surface area contributed by atoms with Gasteiger partial charge in [0.1, 0.15) is 0 Å². The van der Waals surface area contributed by atoms with Crippen molar-refractivity contribution >= 4 is 28.7 Å². The molecule has 7 heteroatoms. The van der Waals surface area contributed by atoms with Gasteiger partial charge in [0.15, 0.2) is 6.61 Å². The van der Waals surface area contributed by atoms with Crippen LogP contribution in [0.25, 0.3) is 10.9 Å². The molecule has 3 aromatic rings. The average Bonchev–Trinajstić information content (AvgIpc) is 3.03. The molecule has 0 bridgehead atoms. The third-order valence-electron chi connectivity index (χ3n) is 4.74. The maximum atomic E-state index is 12.3. The third kappa shape index (κ3) is 4.63. The fourth-order valence-electron chi connectivity index (χ4n) is 2.93. The molecule has 2 aromatic carbocycles. The summed E-state index contributed by atoms with van der Waals surface area (Å²) in [6.45, 7) is 3.84. The minimum Gasteiger partial charge on any atom is -0.465 e. The second kappa shape index (κ2) is 8.60. The predicted octanol–water partition coefficient (Wildman–Crippen LogP) is 3.04. The molecule has 0 aliphatic rings. The summed E-state index contributed by atoms with van der Waals surface area (Å²) in [4.78, 5) is 38.9. The van der Waals surface area contributed by atoms with Gasteiger partial charge in [0.05, 0.1) is 18.2 Å². The first-order valence-corrected chi connectivity index (χ1v) is 9.09. The normalized spacial score (nSPS) is 10.6. The second-order valence-electron chi connectivity index (χ2n) is 6.68. The zero-order valence-electron chi connectivity index (χ0n) is 16.5. The number of aryl methyl sites for hydroxylation is 2. The van der Waals surface area contributed by atoms with Crippen molar-refractivity contribution in [3.63, 3.8) is 0 Å². The van der Waals surface area contributed by atoms with Gasteiger partial charge in [-0.2, -0.15) is 0 Å². The molecule has 0 aliphatic heterocycles. The van der Waals surface area contributed by atoms with Crippen molar-refractivity contribution in [1.82, 2.24) is 10.3 Å². The molecule has 1 heterocycles. The predicted molar refractivity (Wildman–Crippen MR) is 108 cm³/mol. The number of aromatic amines is 1. The van der Waals surface area contributed by atoms with Crippen molar-refractivity contribution in [1.29, 1.82) is 0 Å². The zero-order valence-corrected chi connectivity index (χ0v) is 16.5. The summed E-state index contributed by atoms with van der Waals surface area (Å²) in [5.74, 6) is -1.39. The monoisotopic (exact) mass is 394 g/mol. The quantitative estimate of drug-likeness (QED) is 0.627. The smallest absolute Gasteiger partial charge is 0.338 e. The summed E-state index contributed by atoms with van der Waals surface area (Å²) in [6, 6.07) is 11.9. The molecule has 1 amide bonds. The number of benzene rings is 2. The minimum absolute atomic E-state index is 0.256. The van der Waals surface area contributed by atoms with Gasteiger partial charge in [-0.1, -0.05) is 12.1 Å². The number of ether oxygens (including phenoxy) is 2. The first kappa shape index (κ1) is 20.1. The van der Waals surface area contributed by atoms with E-state index in [-0.39, 0.29) is 13.2 Å². The van der Waals surface area contributed by atoms with Gasteiger partial charge in [-0.15, -0.1) is 0 Å². The Bertz CT molecular complexity index is 1070. The van der Waals surface area contributed by atoms with Gasteiger partial charge in [0.2, 0.25) is 0 Å². The van der Waals surface area contributed by atoms with Crippen molar-refractivity contribution in [3.05, 3.63) is 70.4 Å². The van der Waals surface area contributed by atoms with Crippen molar-refractivity contribution in [3.8, 4) is 0 Å². The number of carbonyl (C=O) groups excluding carboxylic acids is 3. The number of methoxy groups -OCH3 is 1. The summed E-state index contributed by atoms with van der Waals surface area (Å²) in [5.41, 5.74) is 4.70. The van der Waals surface area contributed by atoms with Gasteiger partial charge in [-0.3, -0.25) is 4.79 Å². The van der Waals surface area contributed by atoms with Crippen LogP contribution in [0, 0.1) is 13.8 Å². The number of hydrogen-bond acceptors (Lipinski definition) is 5. The minimum atomic E-state index is -0.553. The van der Waals surface area contributed by atoms with Gasteiger partial charge in [-0.25, -0.2) is 9.59 Å². The fraction of sp³-hybridized carbons (Fsp3) is 0.227. The Morgan fingerprint density at radius 1 is 0.966 bits per heavy atom. The van der Waals surface area contributed by atoms with E-state index in [0.29, 0.717) is 11.1 Å². The van der Waals surface area contributed by atoms with Crippen LogP contribution in [0.2, 0.25) is 0 Å². The Labute approximate surface area is 168 Å². The van der Waals surface area contributed by atoms with Crippen LogP contribution >= 0.6 is 0 Å². The number of hydrogen-bond donors (Lipinski definition) is 2. The standard InChI is InChI=1S/C22H22N2O5/c1-13-14(2)24-19-9-8-17(10-18(13)19)22(27)29-12-20(25)23-11-15-4-6-16(7-5-15)21(26)28-3/h4-10,24H,11-12H2,1-3H3,(H,23,25). The van der Waals surface area contributed by atoms with E-state index in [4.69, 9.17) is 4.74 Å². The largest absolute Gasteiger partial charge is 0.465 e. The third-order valence-corrected chi connectivity index (χ3v) is 4.74. The van der Waals surface area contributed by atoms with E-state index < -0.39 is 17.8 Å². The molecule has 0 spiro atoms. The van der Waals surface area contributed by atoms with Gasteiger partial charge in [-0.05, 0) is 55.3 Å². The number of H-pyrrole nitrogens is 1. The molecule has 2 N–H and O–H groups in total. The van der Waals surface area contributed by atoms with Crippen LogP contribution in [-0.4, -0.2) is 36.5 Å². The highest BCUT2D eigenvalue weighted by atomic mass is 16.5. The number of esters is 2. The zero-order chi connectivity index (χ0) is 21.0. The van der Waals surface area contributed by atoms with Gasteiger partial charge < -0.3 is 19.8 Å². The second-order valence-corrected chi connectivity index (χ2v) is 6.68.